The summed E-state index contributed by atoms with van der Waals surface area (Å²) in [4.78, 5) is 10.8. The van der Waals surface area contributed by atoms with E-state index < -0.39 is 27.5 Å². The number of rotatable bonds is 6. The summed E-state index contributed by atoms with van der Waals surface area (Å²) >= 11 is 0. The molecule has 2 aromatic rings. The minimum Gasteiger partial charge on any atom is -0.494 e. The highest BCUT2D eigenvalue weighted by molar-refractivity contribution is 7.92. The van der Waals surface area contributed by atoms with Gasteiger partial charge in [-0.25, -0.2) is 17.6 Å². The molecule has 0 aromatic heterocycles. The zero-order valence-electron chi connectivity index (χ0n) is 12.1. The largest absolute Gasteiger partial charge is 0.494 e. The van der Waals surface area contributed by atoms with Crippen molar-refractivity contribution in [2.45, 2.75) is 11.8 Å². The molecule has 6 nitrogen and oxygen atoms in total. The van der Waals surface area contributed by atoms with Crippen molar-refractivity contribution in [3.8, 4) is 5.75 Å². The number of halogens is 1. The van der Waals surface area contributed by atoms with Crippen LogP contribution in [0, 0.1) is 5.82 Å². The molecule has 0 atom stereocenters. The minimum atomic E-state index is -4.05. The zero-order valence-corrected chi connectivity index (χ0v) is 12.9. The van der Waals surface area contributed by atoms with Gasteiger partial charge in [-0.1, -0.05) is 0 Å². The van der Waals surface area contributed by atoms with Crippen LogP contribution in [0.25, 0.3) is 0 Å². The Labute approximate surface area is 132 Å². The van der Waals surface area contributed by atoms with Crippen LogP contribution in [-0.4, -0.2) is 26.1 Å². The first-order valence-corrected chi connectivity index (χ1v) is 8.10. The number of sulfonamides is 1. The van der Waals surface area contributed by atoms with Crippen LogP contribution in [-0.2, 0) is 10.0 Å². The van der Waals surface area contributed by atoms with E-state index >= 15 is 0 Å². The summed E-state index contributed by atoms with van der Waals surface area (Å²) < 4.78 is 45.4. The summed E-state index contributed by atoms with van der Waals surface area (Å²) in [5.41, 5.74) is -0.658. The molecule has 2 rings (SSSR count). The second-order valence-corrected chi connectivity index (χ2v) is 6.19. The van der Waals surface area contributed by atoms with Crippen molar-refractivity contribution in [2.24, 2.45) is 0 Å². The fourth-order valence-corrected chi connectivity index (χ4v) is 2.88. The van der Waals surface area contributed by atoms with E-state index in [-0.39, 0.29) is 10.5 Å². The lowest BCUT2D eigenvalue weighted by Crippen LogP contribution is -2.14. The molecule has 0 aliphatic carbocycles. The topological polar surface area (TPSA) is 92.7 Å². The molecule has 8 heteroatoms. The van der Waals surface area contributed by atoms with Crippen LogP contribution in [0.5, 0.6) is 5.75 Å². The molecule has 23 heavy (non-hydrogen) atoms. The summed E-state index contributed by atoms with van der Waals surface area (Å²) in [6, 6.07) is 8.43. The van der Waals surface area contributed by atoms with Gasteiger partial charge in [0, 0.05) is 0 Å². The molecule has 0 bridgehead atoms. The number of carboxylic acids is 1. The van der Waals surface area contributed by atoms with E-state index in [0.29, 0.717) is 12.4 Å². The molecule has 0 saturated carbocycles. The highest BCUT2D eigenvalue weighted by Crippen LogP contribution is 2.22. The number of hydrogen-bond acceptors (Lipinski definition) is 4. The standard InChI is InChI=1S/C15H14FNO5S/c1-2-22-11-4-6-12(7-5-11)23(20,21)17-14-9-10(15(18)19)3-8-13(14)16/h3-9,17H,2H2,1H3,(H,18,19). The van der Waals surface area contributed by atoms with Crippen LogP contribution in [0.3, 0.4) is 0 Å². The maximum atomic E-state index is 13.7. The predicted molar refractivity (Wildman–Crippen MR) is 81.8 cm³/mol. The van der Waals surface area contributed by atoms with Crippen molar-refractivity contribution in [1.82, 2.24) is 0 Å². The van der Waals surface area contributed by atoms with Crippen LogP contribution < -0.4 is 9.46 Å². The average Bonchev–Trinajstić information content (AvgIpc) is 2.50. The Bertz CT molecular complexity index is 818. The fraction of sp³-hybridized carbons (Fsp3) is 0.133. The van der Waals surface area contributed by atoms with E-state index in [1.165, 1.54) is 24.3 Å². The van der Waals surface area contributed by atoms with Crippen LogP contribution >= 0.6 is 0 Å². The maximum Gasteiger partial charge on any atom is 0.335 e. The Morgan fingerprint density at radius 1 is 1.22 bits per heavy atom. The van der Waals surface area contributed by atoms with Gasteiger partial charge in [-0.2, -0.15) is 0 Å². The first kappa shape index (κ1) is 16.8. The summed E-state index contributed by atoms with van der Waals surface area (Å²) in [6.07, 6.45) is 0. The van der Waals surface area contributed by atoms with Gasteiger partial charge >= 0.3 is 5.97 Å². The van der Waals surface area contributed by atoms with E-state index in [9.17, 15) is 17.6 Å². The van der Waals surface area contributed by atoms with Crippen molar-refractivity contribution in [3.63, 3.8) is 0 Å². The first-order valence-electron chi connectivity index (χ1n) is 6.62. The summed E-state index contributed by atoms with van der Waals surface area (Å²) in [6.45, 7) is 2.24. The van der Waals surface area contributed by atoms with Gasteiger partial charge in [-0.15, -0.1) is 0 Å². The highest BCUT2D eigenvalue weighted by Gasteiger charge is 2.17. The molecule has 0 aliphatic heterocycles. The Balaban J connectivity index is 2.30. The first-order chi connectivity index (χ1) is 10.8. The average molecular weight is 339 g/mol. The molecular weight excluding hydrogens is 325 g/mol. The lowest BCUT2D eigenvalue weighted by atomic mass is 10.2. The van der Waals surface area contributed by atoms with Gasteiger partial charge < -0.3 is 9.84 Å². The second kappa shape index (κ2) is 6.66. The van der Waals surface area contributed by atoms with Crippen molar-refractivity contribution in [3.05, 3.63) is 53.8 Å². The number of carbonyl (C=O) groups is 1. The summed E-state index contributed by atoms with van der Waals surface area (Å²) in [5, 5.41) is 8.88. The molecule has 0 fully saturated rings. The van der Waals surface area contributed by atoms with E-state index in [2.05, 4.69) is 0 Å². The molecule has 2 aromatic carbocycles. The number of ether oxygens (including phenoxy) is 1. The second-order valence-electron chi connectivity index (χ2n) is 4.51. The Morgan fingerprint density at radius 2 is 1.87 bits per heavy atom. The number of nitrogens with one attached hydrogen (secondary N) is 1. The molecule has 0 radical (unpaired) electrons. The van der Waals surface area contributed by atoms with E-state index in [1.807, 2.05) is 4.72 Å². The van der Waals surface area contributed by atoms with Crippen molar-refractivity contribution in [2.75, 3.05) is 11.3 Å². The van der Waals surface area contributed by atoms with Crippen LogP contribution in [0.4, 0.5) is 10.1 Å². The molecule has 2 N–H and O–H groups in total. The van der Waals surface area contributed by atoms with Gasteiger partial charge in [0.05, 0.1) is 22.8 Å². The molecule has 122 valence electrons. The van der Waals surface area contributed by atoms with Gasteiger partial charge in [0.2, 0.25) is 0 Å². The molecular formula is C15H14FNO5S. The number of aromatic carboxylic acids is 1. The molecule has 0 saturated heterocycles. The molecule has 0 amide bonds. The molecule has 0 unspecified atom stereocenters. The van der Waals surface area contributed by atoms with Crippen molar-refractivity contribution >= 4 is 21.7 Å². The van der Waals surface area contributed by atoms with Crippen LogP contribution in [0.15, 0.2) is 47.4 Å². The highest BCUT2D eigenvalue weighted by atomic mass is 32.2. The van der Waals surface area contributed by atoms with Gasteiger partial charge in [0.15, 0.2) is 0 Å². The van der Waals surface area contributed by atoms with Gasteiger partial charge in [0.25, 0.3) is 10.0 Å². The maximum absolute atomic E-state index is 13.7. The van der Waals surface area contributed by atoms with E-state index in [0.717, 1.165) is 18.2 Å². The normalized spacial score (nSPS) is 11.0. The van der Waals surface area contributed by atoms with Gasteiger partial charge in [-0.3, -0.25) is 4.72 Å². The summed E-state index contributed by atoms with van der Waals surface area (Å²) in [5.74, 6) is -1.65. The zero-order chi connectivity index (χ0) is 17.0. The fourth-order valence-electron chi connectivity index (χ4n) is 1.82. The van der Waals surface area contributed by atoms with Crippen LogP contribution in [0.1, 0.15) is 17.3 Å². The number of hydrogen-bond donors (Lipinski definition) is 2. The van der Waals surface area contributed by atoms with E-state index in [1.54, 1.807) is 6.92 Å². The molecule has 0 aliphatic rings. The lowest BCUT2D eigenvalue weighted by Gasteiger charge is -2.10. The minimum absolute atomic E-state index is 0.0962. The van der Waals surface area contributed by atoms with Gasteiger partial charge in [-0.05, 0) is 49.4 Å². The third-order valence-electron chi connectivity index (χ3n) is 2.90. The smallest absolute Gasteiger partial charge is 0.335 e. The number of benzene rings is 2. The third kappa shape index (κ3) is 3.98. The number of anilines is 1. The molecule has 0 heterocycles. The number of carboxylic acid groups (broad SMARTS) is 1. The molecule has 0 spiro atoms. The van der Waals surface area contributed by atoms with Crippen molar-refractivity contribution < 1.29 is 27.4 Å². The quantitative estimate of drug-likeness (QED) is 0.844. The SMILES string of the molecule is CCOc1ccc(S(=O)(=O)Nc2cc(C(=O)O)ccc2F)cc1. The van der Waals surface area contributed by atoms with Crippen LogP contribution in [0.2, 0.25) is 0 Å². The van der Waals surface area contributed by atoms with Gasteiger partial charge in [0.1, 0.15) is 11.6 Å². The summed E-state index contributed by atoms with van der Waals surface area (Å²) in [7, 11) is -4.05. The predicted octanol–water partition coefficient (Wildman–Crippen LogP) is 2.72. The lowest BCUT2D eigenvalue weighted by molar-refractivity contribution is 0.0697. The monoisotopic (exact) mass is 339 g/mol. The van der Waals surface area contributed by atoms with Crippen molar-refractivity contribution in [1.29, 1.82) is 0 Å². The van der Waals surface area contributed by atoms with E-state index in [4.69, 9.17) is 9.84 Å². The Kier molecular flexibility index (Phi) is 4.85. The Hall–Kier alpha value is -2.61. The Morgan fingerprint density at radius 3 is 2.43 bits per heavy atom. The third-order valence-corrected chi connectivity index (χ3v) is 4.28.